The molecule has 0 saturated carbocycles. The van der Waals surface area contributed by atoms with Crippen molar-refractivity contribution in [3.05, 3.63) is 23.0 Å². The number of aliphatic hydroxyl groups excluding tert-OH is 1. The van der Waals surface area contributed by atoms with E-state index in [0.717, 1.165) is 24.2 Å². The molecular formula is C13H19N3O2. The average molecular weight is 249 g/mol. The highest BCUT2D eigenvalue weighted by Gasteiger charge is 2.30. The van der Waals surface area contributed by atoms with Gasteiger partial charge in [0.15, 0.2) is 0 Å². The van der Waals surface area contributed by atoms with Crippen LogP contribution in [0, 0.1) is 6.92 Å². The summed E-state index contributed by atoms with van der Waals surface area (Å²) in [6.07, 6.45) is 2.52. The van der Waals surface area contributed by atoms with E-state index in [4.69, 9.17) is 0 Å². The predicted octanol–water partition coefficient (Wildman–Crippen LogP) is 0.944. The minimum Gasteiger partial charge on any atom is -0.394 e. The number of likely N-dealkylation sites (tertiary alicyclic amines) is 1. The molecule has 98 valence electrons. The van der Waals surface area contributed by atoms with Gasteiger partial charge in [0.1, 0.15) is 0 Å². The van der Waals surface area contributed by atoms with E-state index < -0.39 is 0 Å². The van der Waals surface area contributed by atoms with Gasteiger partial charge >= 0.3 is 0 Å². The molecule has 1 amide bonds. The average Bonchev–Trinajstić information content (AvgIpc) is 2.86. The van der Waals surface area contributed by atoms with Crippen molar-refractivity contribution in [3.63, 3.8) is 0 Å². The first-order valence-corrected chi connectivity index (χ1v) is 6.42. The van der Waals surface area contributed by atoms with Crippen molar-refractivity contribution < 1.29 is 9.90 Å². The van der Waals surface area contributed by atoms with Crippen LogP contribution in [0.4, 0.5) is 0 Å². The number of rotatable bonds is 3. The Morgan fingerprint density at radius 3 is 3.00 bits per heavy atom. The van der Waals surface area contributed by atoms with E-state index in [1.807, 2.05) is 13.8 Å². The third kappa shape index (κ3) is 2.36. The summed E-state index contributed by atoms with van der Waals surface area (Å²) in [5.41, 5.74) is 2.11. The van der Waals surface area contributed by atoms with E-state index in [1.54, 1.807) is 11.0 Å². The molecule has 0 aliphatic carbocycles. The highest BCUT2D eigenvalue weighted by molar-refractivity contribution is 5.95. The molecule has 1 saturated heterocycles. The van der Waals surface area contributed by atoms with Gasteiger partial charge in [-0.2, -0.15) is 10.2 Å². The van der Waals surface area contributed by atoms with Crippen molar-refractivity contribution in [2.45, 2.75) is 39.2 Å². The Morgan fingerprint density at radius 2 is 2.33 bits per heavy atom. The molecule has 0 radical (unpaired) electrons. The van der Waals surface area contributed by atoms with Gasteiger partial charge in [-0.05, 0) is 32.3 Å². The molecule has 5 nitrogen and oxygen atoms in total. The molecule has 1 atom stereocenters. The second-order valence-corrected chi connectivity index (χ2v) is 4.68. The van der Waals surface area contributed by atoms with Gasteiger partial charge < -0.3 is 10.0 Å². The topological polar surface area (TPSA) is 66.3 Å². The van der Waals surface area contributed by atoms with Gasteiger partial charge in [-0.1, -0.05) is 6.92 Å². The summed E-state index contributed by atoms with van der Waals surface area (Å²) in [6, 6.07) is 1.75. The molecule has 1 aliphatic rings. The Hall–Kier alpha value is -1.49. The number of amides is 1. The minimum atomic E-state index is -0.0457. The number of nitrogens with zero attached hydrogens (tertiary/aromatic N) is 3. The Kier molecular flexibility index (Phi) is 3.91. The fourth-order valence-electron chi connectivity index (χ4n) is 2.41. The molecule has 18 heavy (non-hydrogen) atoms. The summed E-state index contributed by atoms with van der Waals surface area (Å²) < 4.78 is 0. The second kappa shape index (κ2) is 5.44. The Bertz CT molecular complexity index is 448. The number of carbonyl (C=O) groups excluding carboxylic acids is 1. The summed E-state index contributed by atoms with van der Waals surface area (Å²) in [7, 11) is 0. The lowest BCUT2D eigenvalue weighted by Crippen LogP contribution is -2.38. The molecule has 5 heteroatoms. The molecule has 1 aromatic rings. The van der Waals surface area contributed by atoms with Crippen molar-refractivity contribution in [2.75, 3.05) is 13.2 Å². The number of hydrogen-bond donors (Lipinski definition) is 1. The van der Waals surface area contributed by atoms with Gasteiger partial charge in [0, 0.05) is 6.54 Å². The van der Waals surface area contributed by atoms with E-state index in [0.29, 0.717) is 18.5 Å². The molecule has 1 aliphatic heterocycles. The van der Waals surface area contributed by atoms with E-state index >= 15 is 0 Å². The molecular weight excluding hydrogens is 230 g/mol. The zero-order valence-electron chi connectivity index (χ0n) is 10.9. The van der Waals surface area contributed by atoms with Crippen LogP contribution >= 0.6 is 0 Å². The predicted molar refractivity (Wildman–Crippen MR) is 67.3 cm³/mol. The molecule has 1 N–H and O–H groups in total. The summed E-state index contributed by atoms with van der Waals surface area (Å²) >= 11 is 0. The maximum absolute atomic E-state index is 12.5. The van der Waals surface area contributed by atoms with Gasteiger partial charge in [-0.25, -0.2) is 0 Å². The van der Waals surface area contributed by atoms with Crippen LogP contribution in [0.1, 0.15) is 41.5 Å². The standard InChI is InChI=1S/C13H19N3O2/c1-3-12-11(7-9(2)14-15-12)13(18)16-6-4-5-10(16)8-17/h7,10,17H,3-6,8H2,1-2H3/t10-/m1/s1. The van der Waals surface area contributed by atoms with E-state index in [1.165, 1.54) is 0 Å². The Labute approximate surface area is 107 Å². The molecule has 0 bridgehead atoms. The molecule has 0 aromatic carbocycles. The van der Waals surface area contributed by atoms with Crippen LogP contribution in [0.15, 0.2) is 6.07 Å². The van der Waals surface area contributed by atoms with Gasteiger partial charge in [0.05, 0.1) is 29.6 Å². The number of aryl methyl sites for hydroxylation is 2. The van der Waals surface area contributed by atoms with E-state index in [-0.39, 0.29) is 18.6 Å². The first kappa shape index (κ1) is 13.0. The van der Waals surface area contributed by atoms with Crippen LogP contribution in [0.5, 0.6) is 0 Å². The van der Waals surface area contributed by atoms with Crippen molar-refractivity contribution in [1.82, 2.24) is 15.1 Å². The lowest BCUT2D eigenvalue weighted by molar-refractivity contribution is 0.0675. The van der Waals surface area contributed by atoms with Gasteiger partial charge in [-0.3, -0.25) is 4.79 Å². The molecule has 0 unspecified atom stereocenters. The number of carbonyl (C=O) groups is 1. The van der Waals surface area contributed by atoms with Gasteiger partial charge in [0.25, 0.3) is 5.91 Å². The highest BCUT2D eigenvalue weighted by Crippen LogP contribution is 2.21. The molecule has 1 fully saturated rings. The molecule has 2 rings (SSSR count). The normalized spacial score (nSPS) is 19.3. The van der Waals surface area contributed by atoms with Crippen molar-refractivity contribution in [3.8, 4) is 0 Å². The maximum Gasteiger partial charge on any atom is 0.256 e. The van der Waals surface area contributed by atoms with Crippen molar-refractivity contribution in [2.24, 2.45) is 0 Å². The molecule has 2 heterocycles. The lowest BCUT2D eigenvalue weighted by atomic mass is 10.1. The summed E-state index contributed by atoms with van der Waals surface area (Å²) in [5.74, 6) is -0.0265. The Morgan fingerprint density at radius 1 is 1.56 bits per heavy atom. The zero-order valence-corrected chi connectivity index (χ0v) is 10.9. The smallest absolute Gasteiger partial charge is 0.256 e. The number of aromatic nitrogens is 2. The maximum atomic E-state index is 12.5. The van der Waals surface area contributed by atoms with Crippen LogP contribution in [-0.4, -0.2) is 45.3 Å². The van der Waals surface area contributed by atoms with Crippen LogP contribution in [0.25, 0.3) is 0 Å². The van der Waals surface area contributed by atoms with Gasteiger partial charge in [-0.15, -0.1) is 0 Å². The quantitative estimate of drug-likeness (QED) is 0.866. The SMILES string of the molecule is CCc1nnc(C)cc1C(=O)N1CCC[C@@H]1CO. The fourth-order valence-corrected chi connectivity index (χ4v) is 2.41. The summed E-state index contributed by atoms with van der Waals surface area (Å²) in [5, 5.41) is 17.4. The minimum absolute atomic E-state index is 0.0265. The summed E-state index contributed by atoms with van der Waals surface area (Å²) in [4.78, 5) is 14.3. The number of aliphatic hydroxyl groups is 1. The molecule has 0 spiro atoms. The monoisotopic (exact) mass is 249 g/mol. The number of hydrogen-bond acceptors (Lipinski definition) is 4. The third-order valence-electron chi connectivity index (χ3n) is 3.41. The second-order valence-electron chi connectivity index (χ2n) is 4.68. The van der Waals surface area contributed by atoms with Crippen LogP contribution in [0.3, 0.4) is 0 Å². The fraction of sp³-hybridized carbons (Fsp3) is 0.615. The third-order valence-corrected chi connectivity index (χ3v) is 3.41. The summed E-state index contributed by atoms with van der Waals surface area (Å²) in [6.45, 7) is 4.54. The van der Waals surface area contributed by atoms with E-state index in [2.05, 4.69) is 10.2 Å². The molecule has 1 aromatic heterocycles. The van der Waals surface area contributed by atoms with Gasteiger partial charge in [0.2, 0.25) is 0 Å². The first-order chi connectivity index (χ1) is 8.67. The first-order valence-electron chi connectivity index (χ1n) is 6.42. The largest absolute Gasteiger partial charge is 0.394 e. The van der Waals surface area contributed by atoms with Crippen molar-refractivity contribution >= 4 is 5.91 Å². The Balaban J connectivity index is 2.30. The van der Waals surface area contributed by atoms with Crippen molar-refractivity contribution in [1.29, 1.82) is 0 Å². The zero-order chi connectivity index (χ0) is 13.1. The van der Waals surface area contributed by atoms with Crippen LogP contribution in [0.2, 0.25) is 0 Å². The van der Waals surface area contributed by atoms with Crippen LogP contribution in [-0.2, 0) is 6.42 Å². The van der Waals surface area contributed by atoms with E-state index in [9.17, 15) is 9.90 Å². The highest BCUT2D eigenvalue weighted by atomic mass is 16.3. The van der Waals surface area contributed by atoms with Crippen LogP contribution < -0.4 is 0 Å². The lowest BCUT2D eigenvalue weighted by Gasteiger charge is -2.23.